The van der Waals surface area contributed by atoms with Crippen molar-refractivity contribution >= 4 is 21.8 Å². The van der Waals surface area contributed by atoms with E-state index in [4.69, 9.17) is 4.74 Å². The number of nitrogens with zero attached hydrogens (tertiary/aromatic N) is 1. The molecule has 1 amide bonds. The van der Waals surface area contributed by atoms with Crippen molar-refractivity contribution < 1.29 is 13.9 Å². The van der Waals surface area contributed by atoms with Gasteiger partial charge in [0.1, 0.15) is 5.82 Å². The van der Waals surface area contributed by atoms with E-state index in [1.807, 2.05) is 12.1 Å². The Kier molecular flexibility index (Phi) is 6.70. The van der Waals surface area contributed by atoms with Gasteiger partial charge >= 0.3 is 0 Å². The lowest BCUT2D eigenvalue weighted by Gasteiger charge is -2.22. The maximum Gasteiger partial charge on any atom is 0.254 e. The van der Waals surface area contributed by atoms with Crippen molar-refractivity contribution in [2.24, 2.45) is 0 Å². The standard InChI is InChI=1S/C19H19BrFNO2/c1-3-9-22(12-16-11-17(20)7-8-18(16)21)19(23)15-6-4-5-14(10-15)13-24-2/h3-8,10-11H,1,9,12-13H2,2H3. The van der Waals surface area contributed by atoms with Gasteiger partial charge in [-0.1, -0.05) is 34.1 Å². The van der Waals surface area contributed by atoms with Crippen LogP contribution in [0.15, 0.2) is 59.6 Å². The summed E-state index contributed by atoms with van der Waals surface area (Å²) in [6, 6.07) is 11.9. The van der Waals surface area contributed by atoms with Gasteiger partial charge < -0.3 is 9.64 Å². The monoisotopic (exact) mass is 391 g/mol. The zero-order valence-electron chi connectivity index (χ0n) is 13.5. The molecule has 3 nitrogen and oxygen atoms in total. The maximum atomic E-state index is 14.0. The molecule has 0 fully saturated rings. The molecule has 0 saturated carbocycles. The highest BCUT2D eigenvalue weighted by Crippen LogP contribution is 2.19. The van der Waals surface area contributed by atoms with Crippen molar-refractivity contribution in [3.8, 4) is 0 Å². The van der Waals surface area contributed by atoms with E-state index in [1.165, 1.54) is 6.07 Å². The Morgan fingerprint density at radius 1 is 1.33 bits per heavy atom. The number of ether oxygens (including phenoxy) is 1. The fraction of sp³-hybridized carbons (Fsp3) is 0.211. The van der Waals surface area contributed by atoms with E-state index in [9.17, 15) is 9.18 Å². The molecule has 2 aromatic rings. The van der Waals surface area contributed by atoms with Crippen LogP contribution in [-0.4, -0.2) is 24.5 Å². The summed E-state index contributed by atoms with van der Waals surface area (Å²) < 4.78 is 19.9. The summed E-state index contributed by atoms with van der Waals surface area (Å²) in [4.78, 5) is 14.4. The van der Waals surface area contributed by atoms with Gasteiger partial charge in [-0.2, -0.15) is 0 Å². The number of halogens is 2. The maximum absolute atomic E-state index is 14.0. The summed E-state index contributed by atoms with van der Waals surface area (Å²) in [7, 11) is 1.61. The quantitative estimate of drug-likeness (QED) is 0.647. The summed E-state index contributed by atoms with van der Waals surface area (Å²) >= 11 is 3.33. The lowest BCUT2D eigenvalue weighted by atomic mass is 10.1. The highest BCUT2D eigenvalue weighted by Gasteiger charge is 2.17. The van der Waals surface area contributed by atoms with Crippen molar-refractivity contribution in [2.75, 3.05) is 13.7 Å². The molecule has 0 N–H and O–H groups in total. The van der Waals surface area contributed by atoms with Crippen LogP contribution in [0.25, 0.3) is 0 Å². The Bertz CT molecular complexity index is 733. The third-order valence-electron chi connectivity index (χ3n) is 3.49. The fourth-order valence-corrected chi connectivity index (χ4v) is 2.80. The van der Waals surface area contributed by atoms with Crippen LogP contribution in [0.2, 0.25) is 0 Å². The summed E-state index contributed by atoms with van der Waals surface area (Å²) in [6.45, 7) is 4.63. The van der Waals surface area contributed by atoms with Crippen molar-refractivity contribution in [3.63, 3.8) is 0 Å². The van der Waals surface area contributed by atoms with E-state index in [0.717, 1.165) is 10.0 Å². The smallest absolute Gasteiger partial charge is 0.254 e. The largest absolute Gasteiger partial charge is 0.380 e. The second-order valence-corrected chi connectivity index (χ2v) is 6.26. The molecule has 0 heterocycles. The first-order chi connectivity index (χ1) is 11.5. The lowest BCUT2D eigenvalue weighted by molar-refractivity contribution is 0.0761. The van der Waals surface area contributed by atoms with Crippen LogP contribution in [-0.2, 0) is 17.9 Å². The van der Waals surface area contributed by atoms with Crippen LogP contribution >= 0.6 is 15.9 Å². The predicted octanol–water partition coefficient (Wildman–Crippen LogP) is 4.56. The molecule has 0 aliphatic rings. The third kappa shape index (κ3) is 4.76. The van der Waals surface area contributed by atoms with Gasteiger partial charge in [-0.25, -0.2) is 4.39 Å². The highest BCUT2D eigenvalue weighted by molar-refractivity contribution is 9.10. The molecule has 2 rings (SSSR count). The molecule has 24 heavy (non-hydrogen) atoms. The van der Waals surface area contributed by atoms with E-state index in [-0.39, 0.29) is 18.3 Å². The van der Waals surface area contributed by atoms with Gasteiger partial charge in [-0.3, -0.25) is 4.79 Å². The Morgan fingerprint density at radius 2 is 2.12 bits per heavy atom. The molecule has 0 saturated heterocycles. The van der Waals surface area contributed by atoms with Crippen molar-refractivity contribution in [3.05, 3.63) is 82.1 Å². The average Bonchev–Trinajstić information content (AvgIpc) is 2.57. The van der Waals surface area contributed by atoms with E-state index in [1.54, 1.807) is 42.4 Å². The van der Waals surface area contributed by atoms with E-state index >= 15 is 0 Å². The molecule has 5 heteroatoms. The minimum Gasteiger partial charge on any atom is -0.380 e. The van der Waals surface area contributed by atoms with Gasteiger partial charge in [0.25, 0.3) is 5.91 Å². The Balaban J connectivity index is 2.26. The van der Waals surface area contributed by atoms with Gasteiger partial charge in [0.2, 0.25) is 0 Å². The third-order valence-corrected chi connectivity index (χ3v) is 3.98. The first-order valence-corrected chi connectivity index (χ1v) is 8.26. The summed E-state index contributed by atoms with van der Waals surface area (Å²) in [6.07, 6.45) is 1.63. The normalized spacial score (nSPS) is 10.5. The molecule has 0 aliphatic heterocycles. The van der Waals surface area contributed by atoms with Crippen molar-refractivity contribution in [2.45, 2.75) is 13.2 Å². The molecular formula is C19H19BrFNO2. The molecule has 0 radical (unpaired) electrons. The molecular weight excluding hydrogens is 373 g/mol. The molecule has 0 bridgehead atoms. The molecule has 126 valence electrons. The number of rotatable bonds is 7. The SMILES string of the molecule is C=CCN(Cc1cc(Br)ccc1F)C(=O)c1cccc(COC)c1. The number of hydrogen-bond acceptors (Lipinski definition) is 2. The minimum atomic E-state index is -0.340. The van der Waals surface area contributed by atoms with Gasteiger partial charge in [-0.05, 0) is 35.9 Å². The van der Waals surface area contributed by atoms with Crippen LogP contribution in [0.1, 0.15) is 21.5 Å². The molecule has 0 spiro atoms. The average molecular weight is 392 g/mol. The summed E-state index contributed by atoms with van der Waals surface area (Å²) in [5.41, 5.74) is 1.91. The lowest BCUT2D eigenvalue weighted by Crippen LogP contribution is -2.31. The van der Waals surface area contributed by atoms with Gasteiger partial charge in [0.05, 0.1) is 6.61 Å². The molecule has 2 aromatic carbocycles. The number of hydrogen-bond donors (Lipinski definition) is 0. The molecule has 0 unspecified atom stereocenters. The fourth-order valence-electron chi connectivity index (χ4n) is 2.39. The number of carbonyl (C=O) groups is 1. The Hall–Kier alpha value is -1.98. The van der Waals surface area contributed by atoms with Crippen LogP contribution in [0.5, 0.6) is 0 Å². The molecule has 0 aromatic heterocycles. The van der Waals surface area contributed by atoms with Crippen molar-refractivity contribution in [1.29, 1.82) is 0 Å². The molecule has 0 aliphatic carbocycles. The van der Waals surface area contributed by atoms with E-state index in [0.29, 0.717) is 24.3 Å². The van der Waals surface area contributed by atoms with Crippen LogP contribution in [0.4, 0.5) is 4.39 Å². The molecule has 0 atom stereocenters. The summed E-state index contributed by atoms with van der Waals surface area (Å²) in [5, 5.41) is 0. The van der Waals surface area contributed by atoms with E-state index in [2.05, 4.69) is 22.5 Å². The van der Waals surface area contributed by atoms with E-state index < -0.39 is 0 Å². The topological polar surface area (TPSA) is 29.5 Å². The number of amides is 1. The zero-order valence-corrected chi connectivity index (χ0v) is 15.1. The number of carbonyl (C=O) groups excluding carboxylic acids is 1. The number of methoxy groups -OCH3 is 1. The highest BCUT2D eigenvalue weighted by atomic mass is 79.9. The van der Waals surface area contributed by atoms with Crippen LogP contribution < -0.4 is 0 Å². The van der Waals surface area contributed by atoms with Crippen molar-refractivity contribution in [1.82, 2.24) is 4.90 Å². The predicted molar refractivity (Wildman–Crippen MR) is 96.2 cm³/mol. The summed E-state index contributed by atoms with van der Waals surface area (Å²) in [5.74, 6) is -0.513. The second-order valence-electron chi connectivity index (χ2n) is 5.34. The van der Waals surface area contributed by atoms with Gasteiger partial charge in [0, 0.05) is 35.8 Å². The first-order valence-electron chi connectivity index (χ1n) is 7.47. The van der Waals surface area contributed by atoms with Crippen LogP contribution in [0.3, 0.4) is 0 Å². The second kappa shape index (κ2) is 8.76. The minimum absolute atomic E-state index is 0.171. The van der Waals surface area contributed by atoms with Crippen LogP contribution in [0, 0.1) is 5.82 Å². The van der Waals surface area contributed by atoms with Gasteiger partial charge in [0.15, 0.2) is 0 Å². The Labute approximate surface area is 149 Å². The number of benzene rings is 2. The zero-order chi connectivity index (χ0) is 17.5. The Morgan fingerprint density at radius 3 is 2.83 bits per heavy atom. The first kappa shape index (κ1) is 18.4. The van der Waals surface area contributed by atoms with Gasteiger partial charge in [-0.15, -0.1) is 6.58 Å².